The molecule has 132 valence electrons. The van der Waals surface area contributed by atoms with Crippen LogP contribution in [0.4, 0.5) is 15.8 Å². The fourth-order valence-corrected chi connectivity index (χ4v) is 3.18. The Hall–Kier alpha value is -3.35. The largest absolute Gasteiger partial charge is 0.479 e. The maximum Gasteiger partial charge on any atom is 0.264 e. The van der Waals surface area contributed by atoms with E-state index in [0.717, 1.165) is 0 Å². The molecule has 2 aromatic carbocycles. The van der Waals surface area contributed by atoms with E-state index in [-0.39, 0.29) is 18.4 Å². The van der Waals surface area contributed by atoms with Gasteiger partial charge in [0.2, 0.25) is 0 Å². The van der Waals surface area contributed by atoms with Gasteiger partial charge in [0.05, 0.1) is 16.9 Å². The number of para-hydroxylation sites is 1. The van der Waals surface area contributed by atoms with Gasteiger partial charge in [-0.05, 0) is 37.3 Å². The number of halogens is 1. The molecular weight excluding hydrogens is 337 g/mol. The number of nitrogens with zero attached hydrogens (tertiary/aromatic N) is 1. The lowest BCUT2D eigenvalue weighted by atomic mass is 10.1. The molecule has 0 unspecified atom stereocenters. The summed E-state index contributed by atoms with van der Waals surface area (Å²) in [5.41, 5.74) is 2.74. The number of hydrogen-bond donors (Lipinski definition) is 2. The average Bonchev–Trinajstić information content (AvgIpc) is 2.93. The first-order chi connectivity index (χ1) is 12.5. The van der Waals surface area contributed by atoms with E-state index in [0.29, 0.717) is 39.3 Å². The summed E-state index contributed by atoms with van der Waals surface area (Å²) in [4.78, 5) is 29.2. The Bertz CT molecular complexity index is 1060. The molecule has 0 saturated heterocycles. The number of likely N-dealkylation sites (N-methyl/N-ethyl adjacent to an activating group) is 1. The van der Waals surface area contributed by atoms with Crippen molar-refractivity contribution < 1.29 is 18.7 Å². The Morgan fingerprint density at radius 3 is 2.92 bits per heavy atom. The number of anilines is 2. The van der Waals surface area contributed by atoms with Crippen molar-refractivity contribution in [3.05, 3.63) is 53.5 Å². The molecule has 0 aliphatic carbocycles. The molecule has 2 amide bonds. The van der Waals surface area contributed by atoms with Gasteiger partial charge in [0.1, 0.15) is 5.82 Å². The highest BCUT2D eigenvalue weighted by Gasteiger charge is 2.26. The molecule has 1 aliphatic rings. The topological polar surface area (TPSA) is 74.4 Å². The van der Waals surface area contributed by atoms with E-state index in [1.54, 1.807) is 38.2 Å². The highest BCUT2D eigenvalue weighted by molar-refractivity contribution is 6.15. The summed E-state index contributed by atoms with van der Waals surface area (Å²) in [5.74, 6) is -0.516. The molecule has 0 bridgehead atoms. The van der Waals surface area contributed by atoms with Crippen molar-refractivity contribution in [1.82, 2.24) is 4.98 Å². The lowest BCUT2D eigenvalue weighted by Crippen LogP contribution is -2.35. The number of fused-ring (bicyclic) bond motifs is 2. The summed E-state index contributed by atoms with van der Waals surface area (Å²) in [7, 11) is 1.65. The van der Waals surface area contributed by atoms with E-state index in [4.69, 9.17) is 4.74 Å². The van der Waals surface area contributed by atoms with E-state index in [1.807, 2.05) is 0 Å². The van der Waals surface area contributed by atoms with Gasteiger partial charge in [-0.15, -0.1) is 0 Å². The summed E-state index contributed by atoms with van der Waals surface area (Å²) in [6.45, 7) is 1.67. The molecule has 1 aromatic heterocycles. The fraction of sp³-hybridized carbons (Fsp3) is 0.158. The van der Waals surface area contributed by atoms with Crippen LogP contribution >= 0.6 is 0 Å². The van der Waals surface area contributed by atoms with Crippen LogP contribution in [0.3, 0.4) is 0 Å². The van der Waals surface area contributed by atoms with Crippen LogP contribution in [0, 0.1) is 12.7 Å². The summed E-state index contributed by atoms with van der Waals surface area (Å²) in [5, 5.41) is 3.33. The Morgan fingerprint density at radius 2 is 2.12 bits per heavy atom. The zero-order valence-electron chi connectivity index (χ0n) is 14.2. The first-order valence-electron chi connectivity index (χ1n) is 8.07. The number of ether oxygens (including phenoxy) is 1. The number of carbonyl (C=O) groups is 2. The number of carbonyl (C=O) groups excluding carboxylic acids is 2. The van der Waals surface area contributed by atoms with Crippen molar-refractivity contribution in [2.75, 3.05) is 23.9 Å². The number of aromatic amines is 1. The number of aromatic nitrogens is 1. The molecule has 2 N–H and O–H groups in total. The van der Waals surface area contributed by atoms with E-state index < -0.39 is 5.82 Å². The number of aryl methyl sites for hydroxylation is 1. The van der Waals surface area contributed by atoms with Gasteiger partial charge >= 0.3 is 0 Å². The molecule has 3 aromatic rings. The van der Waals surface area contributed by atoms with E-state index >= 15 is 0 Å². The van der Waals surface area contributed by atoms with Crippen molar-refractivity contribution >= 4 is 34.1 Å². The molecule has 26 heavy (non-hydrogen) atoms. The monoisotopic (exact) mass is 353 g/mol. The minimum atomic E-state index is -0.411. The minimum Gasteiger partial charge on any atom is -0.479 e. The summed E-state index contributed by atoms with van der Waals surface area (Å²) >= 11 is 0. The third kappa shape index (κ3) is 2.48. The van der Waals surface area contributed by atoms with Crippen LogP contribution in [0.2, 0.25) is 0 Å². The number of hydrogen-bond acceptors (Lipinski definition) is 3. The van der Waals surface area contributed by atoms with Gasteiger partial charge in [-0.1, -0.05) is 6.07 Å². The molecule has 2 heterocycles. The smallest absolute Gasteiger partial charge is 0.264 e. The molecule has 0 saturated carbocycles. The maximum absolute atomic E-state index is 13.6. The van der Waals surface area contributed by atoms with Crippen LogP contribution in [0.5, 0.6) is 5.75 Å². The van der Waals surface area contributed by atoms with Gasteiger partial charge in [0.15, 0.2) is 12.4 Å². The van der Waals surface area contributed by atoms with Crippen LogP contribution in [-0.2, 0) is 4.79 Å². The Balaban J connectivity index is 1.73. The number of benzene rings is 2. The van der Waals surface area contributed by atoms with E-state index in [1.165, 1.54) is 17.0 Å². The third-order valence-corrected chi connectivity index (χ3v) is 4.49. The fourth-order valence-electron chi connectivity index (χ4n) is 3.18. The van der Waals surface area contributed by atoms with Crippen LogP contribution in [0.15, 0.2) is 36.4 Å². The quantitative estimate of drug-likeness (QED) is 0.743. The van der Waals surface area contributed by atoms with Crippen molar-refractivity contribution in [1.29, 1.82) is 0 Å². The third-order valence-electron chi connectivity index (χ3n) is 4.49. The summed E-state index contributed by atoms with van der Waals surface area (Å²) in [6, 6.07) is 9.45. The first-order valence-corrected chi connectivity index (χ1v) is 8.07. The predicted octanol–water partition coefficient (Wildman–Crippen LogP) is 3.22. The van der Waals surface area contributed by atoms with Gasteiger partial charge in [-0.25, -0.2) is 4.39 Å². The van der Waals surface area contributed by atoms with Gasteiger partial charge in [0.25, 0.3) is 11.8 Å². The van der Waals surface area contributed by atoms with Crippen molar-refractivity contribution in [3.63, 3.8) is 0 Å². The van der Waals surface area contributed by atoms with E-state index in [2.05, 4.69) is 10.3 Å². The van der Waals surface area contributed by atoms with Gasteiger partial charge in [0, 0.05) is 23.6 Å². The Morgan fingerprint density at radius 1 is 1.31 bits per heavy atom. The molecular formula is C19H16FN3O3. The Kier molecular flexibility index (Phi) is 3.64. The molecule has 7 heteroatoms. The second kappa shape index (κ2) is 5.87. The molecule has 4 rings (SSSR count). The van der Waals surface area contributed by atoms with Crippen LogP contribution < -0.4 is 15.0 Å². The van der Waals surface area contributed by atoms with Crippen LogP contribution in [0.1, 0.15) is 16.1 Å². The zero-order valence-corrected chi connectivity index (χ0v) is 14.2. The van der Waals surface area contributed by atoms with Crippen molar-refractivity contribution in [3.8, 4) is 5.75 Å². The lowest BCUT2D eigenvalue weighted by Gasteiger charge is -2.27. The number of nitrogens with one attached hydrogen (secondary N) is 2. The molecule has 0 radical (unpaired) electrons. The van der Waals surface area contributed by atoms with Gasteiger partial charge in [-0.2, -0.15) is 0 Å². The summed E-state index contributed by atoms with van der Waals surface area (Å²) in [6.07, 6.45) is 0. The molecule has 0 spiro atoms. The molecule has 0 fully saturated rings. The van der Waals surface area contributed by atoms with Gasteiger partial charge < -0.3 is 19.9 Å². The second-order valence-corrected chi connectivity index (χ2v) is 6.16. The predicted molar refractivity (Wildman–Crippen MR) is 96.3 cm³/mol. The van der Waals surface area contributed by atoms with Gasteiger partial charge in [-0.3, -0.25) is 9.59 Å². The lowest BCUT2D eigenvalue weighted by molar-refractivity contribution is -0.120. The number of H-pyrrole nitrogens is 1. The minimum absolute atomic E-state index is 0.0896. The number of amides is 2. The van der Waals surface area contributed by atoms with Crippen LogP contribution in [-0.4, -0.2) is 30.5 Å². The van der Waals surface area contributed by atoms with Crippen molar-refractivity contribution in [2.45, 2.75) is 6.92 Å². The average molecular weight is 353 g/mol. The highest BCUT2D eigenvalue weighted by Crippen LogP contribution is 2.38. The zero-order chi connectivity index (χ0) is 18.4. The first kappa shape index (κ1) is 16.1. The molecule has 1 aliphatic heterocycles. The standard InChI is InChI=1S/C19H16FN3O3/c1-10-17(12-8-11(20)6-7-13(12)21-10)19(25)22-14-4-3-5-15-18(14)26-9-16(24)23(15)2/h3-8,21H,9H2,1-2H3,(H,22,25). The summed E-state index contributed by atoms with van der Waals surface area (Å²) < 4.78 is 19.1. The number of rotatable bonds is 2. The normalized spacial score (nSPS) is 13.5. The molecule has 6 nitrogen and oxygen atoms in total. The van der Waals surface area contributed by atoms with Crippen molar-refractivity contribution in [2.24, 2.45) is 0 Å². The van der Waals surface area contributed by atoms with E-state index in [9.17, 15) is 14.0 Å². The SMILES string of the molecule is Cc1[nH]c2ccc(F)cc2c1C(=O)Nc1cccc2c1OCC(=O)N2C. The molecule has 0 atom stereocenters. The maximum atomic E-state index is 13.6. The Labute approximate surface area is 148 Å². The second-order valence-electron chi connectivity index (χ2n) is 6.16. The van der Waals surface area contributed by atoms with Crippen LogP contribution in [0.25, 0.3) is 10.9 Å². The highest BCUT2D eigenvalue weighted by atomic mass is 19.1.